The Bertz CT molecular complexity index is 1240. The summed E-state index contributed by atoms with van der Waals surface area (Å²) in [4.78, 5) is 24.6. The van der Waals surface area contributed by atoms with Crippen molar-refractivity contribution in [3.05, 3.63) is 94.3 Å². The van der Waals surface area contributed by atoms with Gasteiger partial charge in [-0.25, -0.2) is 9.59 Å². The van der Waals surface area contributed by atoms with Gasteiger partial charge in [-0.1, -0.05) is 30.3 Å². The first-order valence-corrected chi connectivity index (χ1v) is 9.06. The van der Waals surface area contributed by atoms with Gasteiger partial charge in [0.25, 0.3) is 0 Å². The van der Waals surface area contributed by atoms with E-state index in [0.717, 1.165) is 22.3 Å². The Kier molecular flexibility index (Phi) is 4.87. The van der Waals surface area contributed by atoms with Crippen LogP contribution in [0.3, 0.4) is 0 Å². The van der Waals surface area contributed by atoms with Crippen LogP contribution in [0.4, 0.5) is 0 Å². The van der Waals surface area contributed by atoms with Gasteiger partial charge in [-0.15, -0.1) is 0 Å². The van der Waals surface area contributed by atoms with E-state index in [9.17, 15) is 9.59 Å². The molecule has 4 rings (SSSR count). The number of hydrogen-bond donors (Lipinski definition) is 0. The second-order valence-corrected chi connectivity index (χ2v) is 6.53. The van der Waals surface area contributed by atoms with E-state index in [2.05, 4.69) is 0 Å². The minimum Gasteiger partial charge on any atom is -0.497 e. The van der Waals surface area contributed by atoms with E-state index >= 15 is 0 Å². The maximum Gasteiger partial charge on any atom is 0.343 e. The third-order valence-corrected chi connectivity index (χ3v) is 4.72. The van der Waals surface area contributed by atoms with Crippen molar-refractivity contribution in [1.82, 2.24) is 0 Å². The predicted molar refractivity (Wildman–Crippen MR) is 111 cm³/mol. The zero-order chi connectivity index (χ0) is 20.4. The minimum atomic E-state index is -0.474. The van der Waals surface area contributed by atoms with Crippen molar-refractivity contribution in [3.8, 4) is 22.6 Å². The lowest BCUT2D eigenvalue weighted by atomic mass is 10.00. The van der Waals surface area contributed by atoms with Gasteiger partial charge in [0.05, 0.1) is 12.7 Å². The van der Waals surface area contributed by atoms with Crippen LogP contribution in [0, 0.1) is 6.92 Å². The molecular weight excluding hydrogens is 368 g/mol. The van der Waals surface area contributed by atoms with Crippen LogP contribution >= 0.6 is 0 Å². The molecule has 0 radical (unpaired) electrons. The van der Waals surface area contributed by atoms with Crippen molar-refractivity contribution in [2.24, 2.45) is 0 Å². The van der Waals surface area contributed by atoms with Gasteiger partial charge in [0, 0.05) is 17.0 Å². The Hall–Kier alpha value is -3.86. The van der Waals surface area contributed by atoms with E-state index in [0.29, 0.717) is 22.5 Å². The summed E-state index contributed by atoms with van der Waals surface area (Å²) in [5.74, 6) is 0.607. The van der Waals surface area contributed by atoms with Crippen LogP contribution in [-0.4, -0.2) is 13.1 Å². The second kappa shape index (κ2) is 7.64. The van der Waals surface area contributed by atoms with E-state index in [-0.39, 0.29) is 0 Å². The molecule has 0 saturated carbocycles. The first-order chi connectivity index (χ1) is 14.1. The van der Waals surface area contributed by atoms with E-state index in [1.165, 1.54) is 6.07 Å². The molecule has 0 saturated heterocycles. The summed E-state index contributed by atoms with van der Waals surface area (Å²) < 4.78 is 16.2. The first kappa shape index (κ1) is 18.5. The molecule has 0 fully saturated rings. The monoisotopic (exact) mass is 386 g/mol. The van der Waals surface area contributed by atoms with Crippen molar-refractivity contribution in [3.63, 3.8) is 0 Å². The SMILES string of the molecule is COc1ccc(-c2cc(=O)oc3c(C)c(OC(=O)c4ccccc4)ccc23)cc1. The van der Waals surface area contributed by atoms with Crippen LogP contribution in [-0.2, 0) is 0 Å². The number of hydrogen-bond acceptors (Lipinski definition) is 5. The average molecular weight is 386 g/mol. The quantitative estimate of drug-likeness (QED) is 0.281. The number of fused-ring (bicyclic) bond motifs is 1. The third-order valence-electron chi connectivity index (χ3n) is 4.72. The highest BCUT2D eigenvalue weighted by atomic mass is 16.5. The normalized spacial score (nSPS) is 10.7. The van der Waals surface area contributed by atoms with Crippen LogP contribution in [0.1, 0.15) is 15.9 Å². The fourth-order valence-electron chi connectivity index (χ4n) is 3.20. The molecule has 3 aromatic carbocycles. The summed E-state index contributed by atoms with van der Waals surface area (Å²) in [7, 11) is 1.60. The van der Waals surface area contributed by atoms with Gasteiger partial charge in [-0.2, -0.15) is 0 Å². The number of rotatable bonds is 4. The zero-order valence-corrected chi connectivity index (χ0v) is 16.0. The lowest BCUT2D eigenvalue weighted by Gasteiger charge is -2.12. The molecule has 1 aromatic heterocycles. The summed E-state index contributed by atoms with van der Waals surface area (Å²) in [5.41, 5.74) is 2.54. The molecule has 0 amide bonds. The minimum absolute atomic E-state index is 0.349. The molecule has 0 bridgehead atoms. The number of esters is 1. The molecule has 0 unspecified atom stereocenters. The fourth-order valence-corrected chi connectivity index (χ4v) is 3.20. The largest absolute Gasteiger partial charge is 0.497 e. The average Bonchev–Trinajstić information content (AvgIpc) is 2.76. The highest BCUT2D eigenvalue weighted by Crippen LogP contribution is 2.34. The van der Waals surface area contributed by atoms with Crippen LogP contribution in [0.5, 0.6) is 11.5 Å². The van der Waals surface area contributed by atoms with Crippen molar-refractivity contribution < 1.29 is 18.7 Å². The molecule has 0 N–H and O–H groups in total. The Balaban J connectivity index is 1.78. The molecule has 0 aliphatic rings. The highest BCUT2D eigenvalue weighted by molar-refractivity contribution is 5.97. The Labute approximate surface area is 167 Å². The fraction of sp³-hybridized carbons (Fsp3) is 0.0833. The van der Waals surface area contributed by atoms with Gasteiger partial charge in [0.1, 0.15) is 17.1 Å². The Morgan fingerprint density at radius 1 is 0.931 bits per heavy atom. The maximum atomic E-state index is 12.4. The number of methoxy groups -OCH3 is 1. The van der Waals surface area contributed by atoms with Crippen molar-refractivity contribution in [1.29, 1.82) is 0 Å². The summed E-state index contributed by atoms with van der Waals surface area (Å²) in [6, 6.07) is 21.1. The van der Waals surface area contributed by atoms with Crippen LogP contribution in [0.25, 0.3) is 22.1 Å². The highest BCUT2D eigenvalue weighted by Gasteiger charge is 2.16. The van der Waals surface area contributed by atoms with Gasteiger partial charge >= 0.3 is 11.6 Å². The molecule has 1 heterocycles. The number of aryl methyl sites for hydroxylation is 1. The molecule has 0 aliphatic heterocycles. The summed E-state index contributed by atoms with van der Waals surface area (Å²) in [6.07, 6.45) is 0. The zero-order valence-electron chi connectivity index (χ0n) is 16.0. The topological polar surface area (TPSA) is 65.7 Å². The molecule has 0 aliphatic carbocycles. The molecule has 0 atom stereocenters. The second-order valence-electron chi connectivity index (χ2n) is 6.53. The molecule has 0 spiro atoms. The van der Waals surface area contributed by atoms with Gasteiger partial charge < -0.3 is 13.9 Å². The maximum absolute atomic E-state index is 12.4. The van der Waals surface area contributed by atoms with Crippen molar-refractivity contribution in [2.75, 3.05) is 7.11 Å². The number of ether oxygens (including phenoxy) is 2. The van der Waals surface area contributed by atoms with Gasteiger partial charge in [0.2, 0.25) is 0 Å². The lowest BCUT2D eigenvalue weighted by Crippen LogP contribution is -2.09. The summed E-state index contributed by atoms with van der Waals surface area (Å²) in [5, 5.41) is 0.756. The number of benzene rings is 3. The lowest BCUT2D eigenvalue weighted by molar-refractivity contribution is 0.0733. The van der Waals surface area contributed by atoms with E-state index < -0.39 is 11.6 Å². The van der Waals surface area contributed by atoms with Gasteiger partial charge in [-0.05, 0) is 54.4 Å². The van der Waals surface area contributed by atoms with E-state index in [1.807, 2.05) is 30.3 Å². The third kappa shape index (κ3) is 3.62. The summed E-state index contributed by atoms with van der Waals surface area (Å²) >= 11 is 0. The van der Waals surface area contributed by atoms with Crippen LogP contribution in [0.2, 0.25) is 0 Å². The van der Waals surface area contributed by atoms with E-state index in [4.69, 9.17) is 13.9 Å². The standard InChI is InChI=1S/C24H18O5/c1-15-21(28-24(26)17-6-4-3-5-7-17)13-12-19-20(14-22(25)29-23(15)19)16-8-10-18(27-2)11-9-16/h3-14H,1-2H3. The first-order valence-electron chi connectivity index (χ1n) is 9.06. The molecule has 5 nitrogen and oxygen atoms in total. The predicted octanol–water partition coefficient (Wildman–Crippen LogP) is 5.00. The smallest absolute Gasteiger partial charge is 0.343 e. The summed E-state index contributed by atoms with van der Waals surface area (Å²) in [6.45, 7) is 1.76. The molecule has 144 valence electrons. The van der Waals surface area contributed by atoms with E-state index in [1.54, 1.807) is 50.4 Å². The molecule has 4 aromatic rings. The molecule has 5 heteroatoms. The number of carbonyl (C=O) groups is 1. The Morgan fingerprint density at radius 2 is 1.66 bits per heavy atom. The number of carbonyl (C=O) groups excluding carboxylic acids is 1. The molecule has 29 heavy (non-hydrogen) atoms. The van der Waals surface area contributed by atoms with Crippen molar-refractivity contribution >= 4 is 16.9 Å². The van der Waals surface area contributed by atoms with Crippen LogP contribution < -0.4 is 15.1 Å². The van der Waals surface area contributed by atoms with Crippen molar-refractivity contribution in [2.45, 2.75) is 6.92 Å². The molecular formula is C24H18O5. The van der Waals surface area contributed by atoms with Crippen LogP contribution in [0.15, 0.2) is 82.0 Å². The van der Waals surface area contributed by atoms with Gasteiger partial charge in [-0.3, -0.25) is 0 Å². The van der Waals surface area contributed by atoms with Gasteiger partial charge in [0.15, 0.2) is 0 Å². The Morgan fingerprint density at radius 3 is 2.34 bits per heavy atom.